The van der Waals surface area contributed by atoms with E-state index in [-0.39, 0.29) is 36.0 Å². The molecule has 1 aromatic heterocycles. The van der Waals surface area contributed by atoms with Crippen LogP contribution in [0.15, 0.2) is 16.7 Å². The summed E-state index contributed by atoms with van der Waals surface area (Å²) in [6, 6.07) is 0.965. The van der Waals surface area contributed by atoms with Gasteiger partial charge in [-0.1, -0.05) is 19.0 Å². The number of carboxylic acids is 1. The molecule has 174 valence electrons. The molecule has 31 heavy (non-hydrogen) atoms. The van der Waals surface area contributed by atoms with Gasteiger partial charge in [0.2, 0.25) is 5.91 Å². The summed E-state index contributed by atoms with van der Waals surface area (Å²) in [7, 11) is 0. The van der Waals surface area contributed by atoms with Gasteiger partial charge in [0.25, 0.3) is 0 Å². The number of halogens is 3. The Hall–Kier alpha value is -2.73. The van der Waals surface area contributed by atoms with Crippen molar-refractivity contribution >= 4 is 23.7 Å². The molecule has 0 aromatic carbocycles. The van der Waals surface area contributed by atoms with E-state index < -0.39 is 12.1 Å². The summed E-state index contributed by atoms with van der Waals surface area (Å²) in [5.41, 5.74) is 7.71. The third-order valence-electron chi connectivity index (χ3n) is 4.48. The van der Waals surface area contributed by atoms with Gasteiger partial charge in [-0.2, -0.15) is 13.2 Å². The Kier molecular flexibility index (Phi) is 9.85. The van der Waals surface area contributed by atoms with Crippen LogP contribution in [0, 0.1) is 0 Å². The zero-order valence-electron chi connectivity index (χ0n) is 17.3. The van der Waals surface area contributed by atoms with Crippen LogP contribution in [0.5, 0.6) is 0 Å². The fraction of sp³-hybridized carbons (Fsp3) is 0.579. The summed E-state index contributed by atoms with van der Waals surface area (Å²) in [6.07, 6.45) is -0.564. The summed E-state index contributed by atoms with van der Waals surface area (Å²) < 4.78 is 42.8. The molecule has 1 amide bonds. The van der Waals surface area contributed by atoms with Crippen molar-refractivity contribution in [1.29, 1.82) is 0 Å². The molecular formula is C19H26F3N3O6. The average Bonchev–Trinajstić information content (AvgIpc) is 3.17. The minimum atomic E-state index is -5.08. The van der Waals surface area contributed by atoms with Gasteiger partial charge in [-0.05, 0) is 30.9 Å². The molecule has 0 radical (unpaired) electrons. The van der Waals surface area contributed by atoms with E-state index in [1.165, 1.54) is 6.92 Å². The van der Waals surface area contributed by atoms with Gasteiger partial charge in [-0.3, -0.25) is 9.59 Å². The first kappa shape index (κ1) is 26.3. The Morgan fingerprint density at radius 2 is 2.00 bits per heavy atom. The molecule has 12 heteroatoms. The highest BCUT2D eigenvalue weighted by Crippen LogP contribution is 2.29. The van der Waals surface area contributed by atoms with Crippen LogP contribution in [0.25, 0.3) is 5.57 Å². The third kappa shape index (κ3) is 8.13. The number of carbonyl (C=O) groups is 3. The molecule has 9 nitrogen and oxygen atoms in total. The number of ether oxygens (including phenoxy) is 1. The molecule has 1 aromatic rings. The van der Waals surface area contributed by atoms with Gasteiger partial charge in [-0.25, -0.2) is 4.79 Å². The Bertz CT molecular complexity index is 789. The van der Waals surface area contributed by atoms with Crippen molar-refractivity contribution < 1.29 is 41.9 Å². The Morgan fingerprint density at radius 1 is 1.42 bits per heavy atom. The highest BCUT2D eigenvalue weighted by atomic mass is 19.4. The molecule has 2 rings (SSSR count). The third-order valence-corrected chi connectivity index (χ3v) is 4.48. The monoisotopic (exact) mass is 449 g/mol. The summed E-state index contributed by atoms with van der Waals surface area (Å²) in [4.78, 5) is 31.2. The van der Waals surface area contributed by atoms with Crippen molar-refractivity contribution in [2.24, 2.45) is 5.73 Å². The summed E-state index contributed by atoms with van der Waals surface area (Å²) in [6.45, 7) is 5.58. The van der Waals surface area contributed by atoms with E-state index in [2.05, 4.69) is 24.3 Å². The van der Waals surface area contributed by atoms with Crippen molar-refractivity contribution in [1.82, 2.24) is 10.5 Å². The zero-order valence-corrected chi connectivity index (χ0v) is 17.3. The maximum Gasteiger partial charge on any atom is 0.490 e. The number of hydrogen-bond donors (Lipinski definition) is 3. The summed E-state index contributed by atoms with van der Waals surface area (Å²) >= 11 is 0. The molecule has 0 fully saturated rings. The SMILES string of the molecule is CCC(CC)O[C@@H]1C=C(c2cc(C=O)on2)C[C@H](N)[C@H]1NC(C)=O.O=C(O)C(F)(F)F. The minimum absolute atomic E-state index is 0.0805. The van der Waals surface area contributed by atoms with E-state index in [0.717, 1.165) is 18.4 Å². The number of aliphatic carboxylic acids is 1. The Labute approximate surface area is 176 Å². The number of rotatable bonds is 7. The molecule has 1 aliphatic rings. The van der Waals surface area contributed by atoms with Gasteiger partial charge in [0.05, 0.1) is 18.2 Å². The van der Waals surface area contributed by atoms with Crippen molar-refractivity contribution in [3.8, 4) is 0 Å². The smallest absolute Gasteiger partial charge is 0.475 e. The zero-order chi connectivity index (χ0) is 23.8. The van der Waals surface area contributed by atoms with Crippen LogP contribution in [-0.4, -0.2) is 58.9 Å². The van der Waals surface area contributed by atoms with Crippen LogP contribution in [-0.2, 0) is 14.3 Å². The predicted molar refractivity (Wildman–Crippen MR) is 103 cm³/mol. The lowest BCUT2D eigenvalue weighted by molar-refractivity contribution is -0.192. The molecule has 0 spiro atoms. The molecule has 0 bridgehead atoms. The number of alkyl halides is 3. The number of nitrogens with zero attached hydrogens (tertiary/aromatic N) is 1. The highest BCUT2D eigenvalue weighted by molar-refractivity contribution is 5.76. The molecule has 1 heterocycles. The van der Waals surface area contributed by atoms with Crippen LogP contribution in [0.4, 0.5) is 13.2 Å². The van der Waals surface area contributed by atoms with Crippen LogP contribution in [0.2, 0.25) is 0 Å². The van der Waals surface area contributed by atoms with E-state index >= 15 is 0 Å². The van der Waals surface area contributed by atoms with Crippen LogP contribution >= 0.6 is 0 Å². The van der Waals surface area contributed by atoms with Crippen molar-refractivity contribution in [2.75, 3.05) is 0 Å². The van der Waals surface area contributed by atoms with Crippen LogP contribution in [0.3, 0.4) is 0 Å². The second kappa shape index (κ2) is 11.6. The Morgan fingerprint density at radius 3 is 2.42 bits per heavy atom. The van der Waals surface area contributed by atoms with Gasteiger partial charge in [0.1, 0.15) is 5.69 Å². The van der Waals surface area contributed by atoms with Gasteiger partial charge in [0.15, 0.2) is 12.0 Å². The number of aromatic nitrogens is 1. The highest BCUT2D eigenvalue weighted by Gasteiger charge is 2.38. The number of nitrogens with one attached hydrogen (secondary N) is 1. The maximum absolute atomic E-state index is 11.5. The lowest BCUT2D eigenvalue weighted by Crippen LogP contribution is -2.56. The van der Waals surface area contributed by atoms with Gasteiger partial charge >= 0.3 is 12.1 Å². The van der Waals surface area contributed by atoms with Crippen molar-refractivity contribution in [3.63, 3.8) is 0 Å². The topological polar surface area (TPSA) is 145 Å². The molecule has 1 aliphatic carbocycles. The maximum atomic E-state index is 11.5. The minimum Gasteiger partial charge on any atom is -0.475 e. The van der Waals surface area contributed by atoms with Crippen molar-refractivity contribution in [3.05, 3.63) is 23.6 Å². The van der Waals surface area contributed by atoms with E-state index in [1.807, 2.05) is 6.08 Å². The molecule has 0 saturated carbocycles. The number of nitrogens with two attached hydrogens (primary N) is 1. The number of aldehydes is 1. The Balaban J connectivity index is 0.000000592. The lowest BCUT2D eigenvalue weighted by Gasteiger charge is -2.36. The lowest BCUT2D eigenvalue weighted by atomic mass is 9.87. The molecule has 0 aliphatic heterocycles. The largest absolute Gasteiger partial charge is 0.490 e. The number of amides is 1. The fourth-order valence-electron chi connectivity index (χ4n) is 2.93. The average molecular weight is 449 g/mol. The van der Waals surface area contributed by atoms with E-state index in [1.54, 1.807) is 6.07 Å². The number of carbonyl (C=O) groups excluding carboxylic acids is 2. The van der Waals surface area contributed by atoms with E-state index in [4.69, 9.17) is 24.9 Å². The number of carboxylic acid groups (broad SMARTS) is 1. The van der Waals surface area contributed by atoms with Crippen molar-refractivity contribution in [2.45, 2.75) is 70.5 Å². The molecular weight excluding hydrogens is 423 g/mol. The first-order valence-electron chi connectivity index (χ1n) is 9.54. The van der Waals surface area contributed by atoms with E-state index in [9.17, 15) is 22.8 Å². The van der Waals surface area contributed by atoms with Crippen LogP contribution in [0.1, 0.15) is 56.3 Å². The first-order chi connectivity index (χ1) is 14.4. The second-order valence-corrected chi connectivity index (χ2v) is 6.86. The van der Waals surface area contributed by atoms with Gasteiger partial charge in [0, 0.05) is 19.0 Å². The predicted octanol–water partition coefficient (Wildman–Crippen LogP) is 2.31. The quantitative estimate of drug-likeness (QED) is 0.538. The molecule has 0 saturated heterocycles. The second-order valence-electron chi connectivity index (χ2n) is 6.86. The normalized spacial score (nSPS) is 21.0. The van der Waals surface area contributed by atoms with Gasteiger partial charge in [-0.15, -0.1) is 0 Å². The fourth-order valence-corrected chi connectivity index (χ4v) is 2.93. The van der Waals surface area contributed by atoms with Gasteiger partial charge < -0.3 is 25.4 Å². The molecule has 3 atom stereocenters. The summed E-state index contributed by atoms with van der Waals surface area (Å²) in [5, 5.41) is 13.9. The summed E-state index contributed by atoms with van der Waals surface area (Å²) in [5.74, 6) is -2.73. The van der Waals surface area contributed by atoms with Crippen LogP contribution < -0.4 is 11.1 Å². The molecule has 0 unspecified atom stereocenters. The first-order valence-corrected chi connectivity index (χ1v) is 9.54. The standard InChI is InChI=1S/C17H25N3O4.C2HF3O2/c1-4-12(5-2)23-16-7-11(15-8-13(9-21)24-20-15)6-14(18)17(16)19-10(3)22;3-2(4,5)1(6)7/h7-9,12,14,16-17H,4-6,18H2,1-3H3,(H,19,22);(H,6,7)/t14-,16+,17+;/m0./s1. The van der Waals surface area contributed by atoms with E-state index in [0.29, 0.717) is 18.4 Å². The molecule has 4 N–H and O–H groups in total. The number of hydrogen-bond acceptors (Lipinski definition) is 7.